The Balaban J connectivity index is -0.0000000509. The molecule has 0 spiro atoms. The molecule has 0 N–H and O–H groups in total. The zero-order valence-electron chi connectivity index (χ0n) is 50.2. The highest BCUT2D eigenvalue weighted by Gasteiger charge is 2.35. The molecular weight excluding hydrogens is 937 g/mol. The van der Waals surface area contributed by atoms with Crippen molar-refractivity contribution in [3.8, 4) is 0 Å². The number of ether oxygens (including phenoxy) is 3. The van der Waals surface area contributed by atoms with Crippen LogP contribution in [0.4, 0.5) is 0 Å². The maximum atomic E-state index is 6.77. The summed E-state index contributed by atoms with van der Waals surface area (Å²) in [6.07, 6.45) is 25.7. The van der Waals surface area contributed by atoms with Crippen molar-refractivity contribution in [1.29, 1.82) is 0 Å². The quantitative estimate of drug-likeness (QED) is 0.0463. The van der Waals surface area contributed by atoms with Crippen molar-refractivity contribution in [1.82, 2.24) is 0 Å². The van der Waals surface area contributed by atoms with E-state index in [1.54, 1.807) is 0 Å². The summed E-state index contributed by atoms with van der Waals surface area (Å²) in [5.74, 6) is 3.64. The van der Waals surface area contributed by atoms with E-state index in [1.165, 1.54) is 115 Å². The van der Waals surface area contributed by atoms with Gasteiger partial charge in [0.25, 0.3) is 0 Å². The molecule has 0 bridgehead atoms. The van der Waals surface area contributed by atoms with Crippen LogP contribution >= 0.6 is 0 Å². The van der Waals surface area contributed by atoms with Crippen LogP contribution in [0.3, 0.4) is 0 Å². The van der Waals surface area contributed by atoms with E-state index in [4.69, 9.17) is 18.3 Å². The summed E-state index contributed by atoms with van der Waals surface area (Å²) in [5.41, 5.74) is 1.32. The number of hydrogen-bond acceptors (Lipinski definition) is 4. The summed E-state index contributed by atoms with van der Waals surface area (Å²) >= 11 is 0. The van der Waals surface area contributed by atoms with Crippen LogP contribution in [0.2, 0.25) is 38.3 Å². The highest BCUT2D eigenvalue weighted by Crippen LogP contribution is 2.34. The van der Waals surface area contributed by atoms with Crippen molar-refractivity contribution in [2.75, 3.05) is 39.6 Å². The van der Waals surface area contributed by atoms with E-state index in [-0.39, 0.29) is 72.3 Å². The summed E-state index contributed by atoms with van der Waals surface area (Å²) in [6, 6.07) is 2.69. The molecule has 4 nitrogen and oxygen atoms in total. The van der Waals surface area contributed by atoms with Gasteiger partial charge in [-0.3, -0.25) is 0 Å². The minimum Gasteiger partial charge on any atom is -0.455 e. The van der Waals surface area contributed by atoms with Crippen molar-refractivity contribution >= 4 is 16.6 Å². The maximum Gasteiger partial charge on any atom is 0.173 e. The van der Waals surface area contributed by atoms with E-state index in [9.17, 15) is 0 Å². The molecule has 0 saturated heterocycles. The van der Waals surface area contributed by atoms with Crippen LogP contribution in [-0.4, -0.2) is 56.3 Å². The van der Waals surface area contributed by atoms with Crippen LogP contribution in [0.15, 0.2) is 0 Å². The van der Waals surface area contributed by atoms with Crippen LogP contribution in [0, 0.1) is 39.9 Å². The fraction of sp³-hybridized carbons (Fsp3) is 1.00. The Labute approximate surface area is 484 Å². The standard InChI is InChI=1S/C16H38OSi2.C15H32O3.C11H24.C9H20.C8H18.9CH4/c1-9-15(10-2)13-18(5,6)17-19(7,8)14-16(11-3)12-4;1-5-9-16-12-15(8-4,13-17-10-6-2)14-18-11-7-3;1-5-7-10(3)9-11(4)8-6-2;1-5-9(6-2,7-3)8-4;1-5-8(4,6-2)7-3;;;;;;;;;/h15-16H,9-14H2,1-8H3;5-14H2,1-4H3;10-11H,5-9H2,1-4H3;5-8H2,1-4H3;5-7H2,1-4H3;9*1H4. The third kappa shape index (κ3) is 63.1. The molecule has 0 aromatic heterocycles. The summed E-state index contributed by atoms with van der Waals surface area (Å²) < 4.78 is 24.0. The molecule has 2 unspecified atom stereocenters. The lowest BCUT2D eigenvalue weighted by Gasteiger charge is -2.37. The molecule has 0 aliphatic carbocycles. The maximum absolute atomic E-state index is 6.77. The van der Waals surface area contributed by atoms with Gasteiger partial charge in [-0.1, -0.05) is 302 Å². The molecule has 0 fully saturated rings. The molecule has 0 aliphatic heterocycles. The van der Waals surface area contributed by atoms with E-state index in [2.05, 4.69) is 165 Å². The average molecular weight is 1110 g/mol. The minimum atomic E-state index is -1.47. The Morgan fingerprint density at radius 2 is 0.595 bits per heavy atom. The Morgan fingerprint density at radius 1 is 0.351 bits per heavy atom. The van der Waals surface area contributed by atoms with E-state index < -0.39 is 16.6 Å². The van der Waals surface area contributed by atoms with Crippen LogP contribution in [0.1, 0.15) is 334 Å². The van der Waals surface area contributed by atoms with Gasteiger partial charge < -0.3 is 18.3 Å². The monoisotopic (exact) mass is 1110 g/mol. The first-order valence-corrected chi connectivity index (χ1v) is 35.2. The number of rotatable bonds is 36. The minimum absolute atomic E-state index is 0. The topological polar surface area (TPSA) is 36.9 Å². The second-order valence-corrected chi connectivity index (χ2v) is 30.9. The molecule has 0 amide bonds. The summed E-state index contributed by atoms with van der Waals surface area (Å²) in [6.45, 7) is 60.0. The van der Waals surface area contributed by atoms with Gasteiger partial charge >= 0.3 is 0 Å². The highest BCUT2D eigenvalue weighted by molar-refractivity contribution is 6.84. The second kappa shape index (κ2) is 69.4. The summed E-state index contributed by atoms with van der Waals surface area (Å²) in [7, 11) is -2.95. The zero-order valence-corrected chi connectivity index (χ0v) is 52.2. The lowest BCUT2D eigenvalue weighted by atomic mass is 9.78. The van der Waals surface area contributed by atoms with Gasteiger partial charge in [0.1, 0.15) is 0 Å². The first kappa shape index (κ1) is 110. The molecule has 0 aromatic rings. The third-order valence-corrected chi connectivity index (χ3v) is 22.9. The molecule has 6 heteroatoms. The van der Waals surface area contributed by atoms with Gasteiger partial charge in [-0.05, 0) is 105 Å². The predicted molar refractivity (Wildman–Crippen MR) is 366 cm³/mol. The molecule has 0 aromatic carbocycles. The molecule has 2 atom stereocenters. The molecule has 472 valence electrons. The first-order chi connectivity index (χ1) is 30.6. The molecular formula is C68H168O4Si2. The molecule has 0 rings (SSSR count). The van der Waals surface area contributed by atoms with Crippen molar-refractivity contribution in [2.24, 2.45) is 39.9 Å². The van der Waals surface area contributed by atoms with Gasteiger partial charge in [0.15, 0.2) is 16.6 Å². The summed E-state index contributed by atoms with van der Waals surface area (Å²) in [4.78, 5) is 0. The Hall–Kier alpha value is 0.274. The smallest absolute Gasteiger partial charge is 0.173 e. The fourth-order valence-electron chi connectivity index (χ4n) is 9.26. The Morgan fingerprint density at radius 3 is 0.743 bits per heavy atom. The molecule has 0 saturated carbocycles. The molecule has 74 heavy (non-hydrogen) atoms. The molecule has 0 heterocycles. The highest BCUT2D eigenvalue weighted by atomic mass is 28.4. The van der Waals surface area contributed by atoms with E-state index in [1.807, 2.05) is 0 Å². The SMILES string of the molecule is C.C.C.C.C.C.C.C.C.CCC(C)(CC)CC.CCC(CC)(CC)CC.CCC(CC)C[Si](C)(C)O[Si](C)(C)CC(CC)CC.CCCC(C)CC(C)CCC.CCCOCC(CC)(COCCC)COCCC. The fourth-order valence-corrected chi connectivity index (χ4v) is 19.9. The van der Waals surface area contributed by atoms with Gasteiger partial charge in [-0.15, -0.1) is 0 Å². The van der Waals surface area contributed by atoms with Crippen LogP contribution in [0.5, 0.6) is 0 Å². The average Bonchev–Trinajstić information content (AvgIpc) is 3.28. The summed E-state index contributed by atoms with van der Waals surface area (Å²) in [5, 5.41) is 0. The van der Waals surface area contributed by atoms with E-state index in [0.29, 0.717) is 10.8 Å². The van der Waals surface area contributed by atoms with Crippen molar-refractivity contribution in [3.63, 3.8) is 0 Å². The van der Waals surface area contributed by atoms with E-state index in [0.717, 1.165) is 89.0 Å². The van der Waals surface area contributed by atoms with Gasteiger partial charge in [-0.2, -0.15) is 0 Å². The first-order valence-electron chi connectivity index (χ1n) is 29.0. The van der Waals surface area contributed by atoms with Crippen LogP contribution in [0.25, 0.3) is 0 Å². The largest absolute Gasteiger partial charge is 0.455 e. The van der Waals surface area contributed by atoms with Crippen molar-refractivity contribution < 1.29 is 18.3 Å². The molecule has 0 radical (unpaired) electrons. The van der Waals surface area contributed by atoms with Crippen molar-refractivity contribution in [2.45, 2.75) is 372 Å². The van der Waals surface area contributed by atoms with Crippen LogP contribution < -0.4 is 0 Å². The van der Waals surface area contributed by atoms with Crippen molar-refractivity contribution in [3.05, 3.63) is 0 Å². The van der Waals surface area contributed by atoms with E-state index >= 15 is 0 Å². The molecule has 0 aliphatic rings. The lowest BCUT2D eigenvalue weighted by Crippen LogP contribution is -2.46. The normalized spacial score (nSPS) is 11.6. The Bertz CT molecular complexity index is 838. The third-order valence-electron chi connectivity index (χ3n) is 15.4. The Kier molecular flexibility index (Phi) is 103. The zero-order chi connectivity index (χ0) is 51.4. The predicted octanol–water partition coefficient (Wildman–Crippen LogP) is 26.8. The number of hydrogen-bond donors (Lipinski definition) is 0. The van der Waals surface area contributed by atoms with Gasteiger partial charge in [0.2, 0.25) is 0 Å². The van der Waals surface area contributed by atoms with Crippen LogP contribution in [-0.2, 0) is 18.3 Å². The second-order valence-electron chi connectivity index (χ2n) is 22.2. The van der Waals surface area contributed by atoms with Gasteiger partial charge in [-0.25, -0.2) is 0 Å². The lowest BCUT2D eigenvalue weighted by molar-refractivity contribution is -0.0712. The van der Waals surface area contributed by atoms with Gasteiger partial charge in [0, 0.05) is 25.2 Å². The van der Waals surface area contributed by atoms with Gasteiger partial charge in [0.05, 0.1) is 19.8 Å².